The Bertz CT molecular complexity index is 1150. The largest absolute Gasteiger partial charge is 0.325 e. The third-order valence-corrected chi connectivity index (χ3v) is 6.56. The molecule has 0 radical (unpaired) electrons. The van der Waals surface area contributed by atoms with E-state index in [0.29, 0.717) is 5.02 Å². The number of thioether (sulfide) groups is 1. The van der Waals surface area contributed by atoms with E-state index >= 15 is 0 Å². The molecule has 0 aliphatic carbocycles. The summed E-state index contributed by atoms with van der Waals surface area (Å²) in [5.41, 5.74) is 2.85. The number of rotatable bonds is 5. The van der Waals surface area contributed by atoms with Gasteiger partial charge in [-0.15, -0.1) is 11.3 Å². The number of thiophene rings is 1. The summed E-state index contributed by atoms with van der Waals surface area (Å²) in [5, 5.41) is 7.42. The van der Waals surface area contributed by atoms with Crippen LogP contribution in [-0.4, -0.2) is 21.6 Å². The Labute approximate surface area is 183 Å². The van der Waals surface area contributed by atoms with Gasteiger partial charge in [0.2, 0.25) is 5.91 Å². The summed E-state index contributed by atoms with van der Waals surface area (Å²) in [6.07, 6.45) is 1.54. The average molecular weight is 491 g/mol. The van der Waals surface area contributed by atoms with Gasteiger partial charge < -0.3 is 5.32 Å². The second-order valence-electron chi connectivity index (χ2n) is 5.86. The van der Waals surface area contributed by atoms with Crippen molar-refractivity contribution >= 4 is 72.4 Å². The van der Waals surface area contributed by atoms with Crippen LogP contribution in [0.4, 0.5) is 5.69 Å². The van der Waals surface area contributed by atoms with Gasteiger partial charge in [-0.3, -0.25) is 4.79 Å². The van der Waals surface area contributed by atoms with Crippen molar-refractivity contribution in [2.75, 3.05) is 11.1 Å². The number of carbonyl (C=O) groups is 1. The van der Waals surface area contributed by atoms with E-state index in [4.69, 9.17) is 11.6 Å². The van der Waals surface area contributed by atoms with E-state index in [2.05, 4.69) is 36.6 Å². The maximum Gasteiger partial charge on any atom is 0.234 e. The maximum atomic E-state index is 12.4. The maximum absolute atomic E-state index is 12.4. The second-order valence-corrected chi connectivity index (χ2v) is 9.04. The molecule has 2 aromatic carbocycles. The topological polar surface area (TPSA) is 54.9 Å². The number of hydrogen-bond donors (Lipinski definition) is 1. The molecule has 1 N–H and O–H groups in total. The molecule has 0 saturated carbocycles. The van der Waals surface area contributed by atoms with Gasteiger partial charge in [0.25, 0.3) is 0 Å². The van der Waals surface area contributed by atoms with Gasteiger partial charge in [0.1, 0.15) is 16.2 Å². The Morgan fingerprint density at radius 2 is 2.00 bits per heavy atom. The zero-order valence-corrected chi connectivity index (χ0v) is 18.3. The lowest BCUT2D eigenvalue weighted by atomic mass is 10.1. The Kier molecular flexibility index (Phi) is 5.96. The number of halogens is 2. The molecule has 0 fully saturated rings. The van der Waals surface area contributed by atoms with Crippen molar-refractivity contribution in [1.82, 2.24) is 9.97 Å². The minimum Gasteiger partial charge on any atom is -0.325 e. The van der Waals surface area contributed by atoms with Crippen LogP contribution in [0.3, 0.4) is 0 Å². The van der Waals surface area contributed by atoms with Crippen LogP contribution in [0, 0.1) is 0 Å². The number of carbonyl (C=O) groups excluding carboxylic acids is 1. The molecular formula is C20H13BrClN3OS2. The molecule has 8 heteroatoms. The third-order valence-electron chi connectivity index (χ3n) is 3.94. The SMILES string of the molecule is O=C(CSc1ncnc2scc(-c3ccc(Cl)cc3)c12)Nc1cccc(Br)c1. The van der Waals surface area contributed by atoms with Crippen molar-refractivity contribution in [1.29, 1.82) is 0 Å². The lowest BCUT2D eigenvalue weighted by Crippen LogP contribution is -2.14. The monoisotopic (exact) mass is 489 g/mol. The molecule has 4 rings (SSSR count). The molecule has 1 amide bonds. The number of nitrogens with one attached hydrogen (secondary N) is 1. The predicted octanol–water partition coefficient (Wildman–Crippen LogP) is 6.51. The van der Waals surface area contributed by atoms with Crippen LogP contribution in [0.25, 0.3) is 21.3 Å². The fourth-order valence-corrected chi connectivity index (χ4v) is 5.01. The van der Waals surface area contributed by atoms with Crippen LogP contribution >= 0.6 is 50.6 Å². The molecule has 28 heavy (non-hydrogen) atoms. The highest BCUT2D eigenvalue weighted by atomic mass is 79.9. The van der Waals surface area contributed by atoms with Crippen molar-refractivity contribution in [2.24, 2.45) is 0 Å². The summed E-state index contributed by atoms with van der Waals surface area (Å²) < 4.78 is 0.918. The third kappa shape index (κ3) is 4.38. The molecule has 2 heterocycles. The minimum absolute atomic E-state index is 0.0851. The van der Waals surface area contributed by atoms with E-state index < -0.39 is 0 Å². The number of aromatic nitrogens is 2. The molecule has 0 saturated heterocycles. The fourth-order valence-electron chi connectivity index (χ4n) is 2.70. The van der Waals surface area contributed by atoms with Gasteiger partial charge in [0.15, 0.2) is 0 Å². The van der Waals surface area contributed by atoms with Crippen molar-refractivity contribution in [3.63, 3.8) is 0 Å². The van der Waals surface area contributed by atoms with Gasteiger partial charge in [-0.1, -0.05) is 57.5 Å². The zero-order valence-electron chi connectivity index (χ0n) is 14.4. The molecule has 0 atom stereocenters. The number of fused-ring (bicyclic) bond motifs is 1. The Morgan fingerprint density at radius 1 is 1.18 bits per heavy atom. The second kappa shape index (κ2) is 8.61. The van der Waals surface area contributed by atoms with Crippen LogP contribution in [0.5, 0.6) is 0 Å². The highest BCUT2D eigenvalue weighted by Gasteiger charge is 2.15. The van der Waals surface area contributed by atoms with Gasteiger partial charge in [-0.05, 0) is 35.9 Å². The summed E-state index contributed by atoms with van der Waals surface area (Å²) in [6.45, 7) is 0. The predicted molar refractivity (Wildman–Crippen MR) is 121 cm³/mol. The molecule has 0 bridgehead atoms. The van der Waals surface area contributed by atoms with E-state index in [9.17, 15) is 4.79 Å². The van der Waals surface area contributed by atoms with Gasteiger partial charge in [0.05, 0.1) is 11.1 Å². The molecule has 2 aromatic heterocycles. The van der Waals surface area contributed by atoms with Crippen molar-refractivity contribution < 1.29 is 4.79 Å². The fraction of sp³-hybridized carbons (Fsp3) is 0.0500. The molecule has 4 nitrogen and oxygen atoms in total. The van der Waals surface area contributed by atoms with Gasteiger partial charge in [0, 0.05) is 26.1 Å². The first kappa shape index (κ1) is 19.4. The first-order valence-electron chi connectivity index (χ1n) is 8.26. The molecule has 0 unspecified atom stereocenters. The van der Waals surface area contributed by atoms with Crippen LogP contribution in [0.2, 0.25) is 5.02 Å². The van der Waals surface area contributed by atoms with Crippen molar-refractivity contribution in [2.45, 2.75) is 5.03 Å². The summed E-state index contributed by atoms with van der Waals surface area (Å²) >= 11 is 12.4. The van der Waals surface area contributed by atoms with E-state index in [0.717, 1.165) is 36.5 Å². The first-order chi connectivity index (χ1) is 13.6. The smallest absolute Gasteiger partial charge is 0.234 e. The highest BCUT2D eigenvalue weighted by molar-refractivity contribution is 9.10. The summed E-state index contributed by atoms with van der Waals surface area (Å²) in [4.78, 5) is 22.1. The number of benzene rings is 2. The molecule has 0 aliphatic rings. The van der Waals surface area contributed by atoms with Crippen LogP contribution in [-0.2, 0) is 4.79 Å². The molecule has 140 valence electrons. The summed E-state index contributed by atoms with van der Waals surface area (Å²) in [6, 6.07) is 15.2. The molecule has 0 spiro atoms. The standard InChI is InChI=1S/C20H13BrClN3OS2/c21-13-2-1-3-15(8-13)25-17(26)10-28-20-18-16(9-27-19(18)23-11-24-20)12-4-6-14(22)7-5-12/h1-9,11H,10H2,(H,25,26). The van der Waals surface area contributed by atoms with E-state index in [1.807, 2.05) is 48.5 Å². The molecular weight excluding hydrogens is 478 g/mol. The zero-order chi connectivity index (χ0) is 19.5. The van der Waals surface area contributed by atoms with Crippen molar-refractivity contribution in [3.05, 3.63) is 69.7 Å². The number of amides is 1. The molecule has 0 aliphatic heterocycles. The lowest BCUT2D eigenvalue weighted by Gasteiger charge is -2.07. The number of hydrogen-bond acceptors (Lipinski definition) is 5. The van der Waals surface area contributed by atoms with Crippen molar-refractivity contribution in [3.8, 4) is 11.1 Å². The number of nitrogens with zero attached hydrogens (tertiary/aromatic N) is 2. The van der Waals surface area contributed by atoms with Crippen LogP contribution < -0.4 is 5.32 Å². The van der Waals surface area contributed by atoms with E-state index in [1.165, 1.54) is 11.8 Å². The first-order valence-corrected chi connectivity index (χ1v) is 11.3. The normalized spacial score (nSPS) is 10.9. The molecule has 4 aromatic rings. The minimum atomic E-state index is -0.0851. The van der Waals surface area contributed by atoms with Gasteiger partial charge in [-0.2, -0.15) is 0 Å². The number of anilines is 1. The van der Waals surface area contributed by atoms with Crippen LogP contribution in [0.15, 0.2) is 69.7 Å². The average Bonchev–Trinajstić information content (AvgIpc) is 3.12. The van der Waals surface area contributed by atoms with Gasteiger partial charge >= 0.3 is 0 Å². The lowest BCUT2D eigenvalue weighted by molar-refractivity contribution is -0.113. The van der Waals surface area contributed by atoms with E-state index in [-0.39, 0.29) is 11.7 Å². The summed E-state index contributed by atoms with van der Waals surface area (Å²) in [7, 11) is 0. The Balaban J connectivity index is 1.56. The summed E-state index contributed by atoms with van der Waals surface area (Å²) in [5.74, 6) is 0.173. The Morgan fingerprint density at radius 3 is 2.79 bits per heavy atom. The quantitative estimate of drug-likeness (QED) is 0.256. The highest BCUT2D eigenvalue weighted by Crippen LogP contribution is 2.38. The Hall–Kier alpha value is -1.93. The van der Waals surface area contributed by atoms with Crippen LogP contribution in [0.1, 0.15) is 0 Å². The van der Waals surface area contributed by atoms with E-state index in [1.54, 1.807) is 17.7 Å². The van der Waals surface area contributed by atoms with Gasteiger partial charge in [-0.25, -0.2) is 9.97 Å².